The molecule has 0 aromatic rings. The van der Waals surface area contributed by atoms with Gasteiger partial charge in [-0.3, -0.25) is 19.3 Å². The SMILES string of the molecule is CCC(C)(CC(CC(CC(C)C(=O)O)N1CCCC1=O)C(=O)OOOOOOOOOOOO)C(=O)OC. The lowest BCUT2D eigenvalue weighted by molar-refractivity contribution is -0.861. The van der Waals surface area contributed by atoms with E-state index in [0.29, 0.717) is 19.4 Å². The Morgan fingerprint density at radius 1 is 1.00 bits per heavy atom. The van der Waals surface area contributed by atoms with E-state index in [1.54, 1.807) is 13.8 Å². The van der Waals surface area contributed by atoms with Crippen LogP contribution in [0.15, 0.2) is 0 Å². The van der Waals surface area contributed by atoms with Crippen LogP contribution in [0.4, 0.5) is 0 Å². The smallest absolute Gasteiger partial charge is 0.348 e. The number of carboxylic acid groups (broad SMARTS) is 1. The molecule has 2 N–H and O–H groups in total. The molecule has 0 saturated carbocycles. The van der Waals surface area contributed by atoms with Gasteiger partial charge in [-0.05, 0) is 64.2 Å². The van der Waals surface area contributed by atoms with Gasteiger partial charge in [0, 0.05) is 44.2 Å². The molecule has 4 unspecified atom stereocenters. The topological polar surface area (TPSA) is 223 Å². The molecule has 0 aromatic carbocycles. The van der Waals surface area contributed by atoms with Gasteiger partial charge in [-0.1, -0.05) is 13.8 Å². The number of ether oxygens (including phenoxy) is 1. The quantitative estimate of drug-likeness (QED) is 0.0874. The van der Waals surface area contributed by atoms with Crippen LogP contribution in [0.1, 0.15) is 59.3 Å². The highest BCUT2D eigenvalue weighted by Gasteiger charge is 2.41. The first kappa shape index (κ1) is 33.5. The number of amides is 1. The van der Waals surface area contributed by atoms with Crippen molar-refractivity contribution in [2.45, 2.75) is 65.3 Å². The molecule has 0 spiro atoms. The molecular formula is C19H31NO18. The minimum Gasteiger partial charge on any atom is -0.481 e. The molecule has 0 aliphatic carbocycles. The first-order chi connectivity index (χ1) is 18.1. The summed E-state index contributed by atoms with van der Waals surface area (Å²) in [5, 5.41) is 53.3. The monoisotopic (exact) mass is 561 g/mol. The minimum atomic E-state index is -1.13. The summed E-state index contributed by atoms with van der Waals surface area (Å²) in [6, 6.07) is -0.652. The first-order valence-electron chi connectivity index (χ1n) is 11.2. The third kappa shape index (κ3) is 11.4. The van der Waals surface area contributed by atoms with Crippen molar-refractivity contribution in [2.75, 3.05) is 13.7 Å². The normalized spacial score (nSPS) is 17.5. The van der Waals surface area contributed by atoms with Crippen molar-refractivity contribution in [3.05, 3.63) is 0 Å². The average Bonchev–Trinajstić information content (AvgIpc) is 3.33. The lowest BCUT2D eigenvalue weighted by Crippen LogP contribution is -2.42. The lowest BCUT2D eigenvalue weighted by atomic mass is 9.76. The van der Waals surface area contributed by atoms with Crippen LogP contribution in [0, 0.1) is 17.3 Å². The number of methoxy groups -OCH3 is 1. The largest absolute Gasteiger partial charge is 0.481 e. The number of nitrogens with zero attached hydrogens (tertiary/aromatic N) is 1. The molecule has 0 aromatic heterocycles. The molecule has 0 bridgehead atoms. The molecule has 1 aliphatic rings. The number of hydrogen-bond acceptors (Lipinski definition) is 17. The van der Waals surface area contributed by atoms with Crippen molar-refractivity contribution in [3.63, 3.8) is 0 Å². The third-order valence-electron chi connectivity index (χ3n) is 6.01. The van der Waals surface area contributed by atoms with Gasteiger partial charge < -0.3 is 14.7 Å². The number of rotatable bonds is 21. The van der Waals surface area contributed by atoms with Gasteiger partial charge in [0.25, 0.3) is 0 Å². The Balaban J connectivity index is 2.86. The van der Waals surface area contributed by atoms with Crippen LogP contribution in [0.25, 0.3) is 0 Å². The van der Waals surface area contributed by atoms with Gasteiger partial charge >= 0.3 is 17.9 Å². The molecule has 38 heavy (non-hydrogen) atoms. The van der Waals surface area contributed by atoms with E-state index in [9.17, 15) is 24.3 Å². The number of aliphatic carboxylic acids is 1. The minimum absolute atomic E-state index is 0.0522. The van der Waals surface area contributed by atoms with Gasteiger partial charge in [0.1, 0.15) is 0 Å². The summed E-state index contributed by atoms with van der Waals surface area (Å²) < 4.78 is 4.87. The van der Waals surface area contributed by atoms with Crippen LogP contribution >= 0.6 is 0 Å². The molecule has 4 atom stereocenters. The number of hydrogen-bond donors (Lipinski definition) is 2. The molecule has 1 fully saturated rings. The van der Waals surface area contributed by atoms with Crippen molar-refractivity contribution in [1.82, 2.24) is 4.90 Å². The molecule has 1 rings (SSSR count). The zero-order valence-corrected chi connectivity index (χ0v) is 21.1. The second-order valence-electron chi connectivity index (χ2n) is 8.45. The van der Waals surface area contributed by atoms with Crippen molar-refractivity contribution < 1.29 is 89.5 Å². The van der Waals surface area contributed by atoms with Gasteiger partial charge in [0.05, 0.1) is 24.4 Å². The zero-order valence-electron chi connectivity index (χ0n) is 21.1. The summed E-state index contributed by atoms with van der Waals surface area (Å²) >= 11 is 0. The summed E-state index contributed by atoms with van der Waals surface area (Å²) in [4.78, 5) is 55.4. The molecule has 1 heterocycles. The van der Waals surface area contributed by atoms with Gasteiger partial charge in [-0.2, -0.15) is 0 Å². The van der Waals surface area contributed by atoms with E-state index in [1.165, 1.54) is 18.9 Å². The highest BCUT2D eigenvalue weighted by atomic mass is 18.0. The maximum Gasteiger partial charge on any atom is 0.348 e. The van der Waals surface area contributed by atoms with E-state index in [4.69, 9.17) is 9.99 Å². The summed E-state index contributed by atoms with van der Waals surface area (Å²) in [6.45, 7) is 5.18. The van der Waals surface area contributed by atoms with Crippen LogP contribution in [-0.4, -0.2) is 58.8 Å². The van der Waals surface area contributed by atoms with E-state index in [-0.39, 0.29) is 31.6 Å². The van der Waals surface area contributed by atoms with Gasteiger partial charge in [-0.15, -0.1) is 0 Å². The highest BCUT2D eigenvalue weighted by Crippen LogP contribution is 2.36. The van der Waals surface area contributed by atoms with E-state index in [2.05, 4.69) is 55.3 Å². The van der Waals surface area contributed by atoms with Gasteiger partial charge in [-0.25, -0.2) is 10.1 Å². The van der Waals surface area contributed by atoms with Crippen molar-refractivity contribution in [1.29, 1.82) is 0 Å². The lowest BCUT2D eigenvalue weighted by Gasteiger charge is -2.34. The number of carbonyl (C=O) groups is 4. The number of likely N-dealkylation sites (tertiary alicyclic amines) is 1. The Kier molecular flexibility index (Phi) is 15.7. The van der Waals surface area contributed by atoms with Crippen molar-refractivity contribution in [3.8, 4) is 0 Å². The average molecular weight is 561 g/mol. The Morgan fingerprint density at radius 2 is 1.58 bits per heavy atom. The second-order valence-corrected chi connectivity index (χ2v) is 8.45. The molecular weight excluding hydrogens is 530 g/mol. The molecule has 19 heteroatoms. The Hall–Kier alpha value is -2.56. The molecule has 1 saturated heterocycles. The summed E-state index contributed by atoms with van der Waals surface area (Å²) in [6.07, 6.45) is 1.07. The van der Waals surface area contributed by atoms with E-state index < -0.39 is 41.2 Å². The predicted octanol–water partition coefficient (Wildman–Crippen LogP) is 1.41. The number of carboxylic acids is 1. The first-order valence-corrected chi connectivity index (χ1v) is 11.2. The summed E-state index contributed by atoms with van der Waals surface area (Å²) in [5.74, 6) is -4.77. The Bertz CT molecular complexity index is 751. The number of esters is 1. The second kappa shape index (κ2) is 17.9. The van der Waals surface area contributed by atoms with Crippen molar-refractivity contribution >= 4 is 23.8 Å². The fraction of sp³-hybridized carbons (Fsp3) is 0.789. The fourth-order valence-electron chi connectivity index (χ4n) is 3.88. The van der Waals surface area contributed by atoms with Gasteiger partial charge in [0.2, 0.25) is 5.91 Å². The Labute approximate surface area is 215 Å². The van der Waals surface area contributed by atoms with Crippen LogP contribution in [-0.2, 0) is 79.2 Å². The zero-order chi connectivity index (χ0) is 28.6. The van der Waals surface area contributed by atoms with Crippen molar-refractivity contribution in [2.24, 2.45) is 17.3 Å². The molecule has 220 valence electrons. The predicted molar refractivity (Wildman–Crippen MR) is 109 cm³/mol. The summed E-state index contributed by atoms with van der Waals surface area (Å²) in [7, 11) is 1.20. The van der Waals surface area contributed by atoms with Crippen LogP contribution in [0.3, 0.4) is 0 Å². The maximum absolute atomic E-state index is 12.9. The maximum atomic E-state index is 12.9. The standard InChI is InChI=1S/C19H31NO18/c1-5-19(3,18(25)27-4)11-13(17(24)28-30-32-34-36-38-37-35-33-31-29-26)10-14(9-12(2)16(22)23)20-8-6-7-15(20)21/h12-14,26H,5-11H2,1-4H3,(H,22,23). The summed E-state index contributed by atoms with van der Waals surface area (Å²) in [5.41, 5.74) is -1.13. The van der Waals surface area contributed by atoms with E-state index in [0.717, 1.165) is 0 Å². The highest BCUT2D eigenvalue weighted by molar-refractivity contribution is 5.80. The molecule has 1 amide bonds. The molecule has 0 radical (unpaired) electrons. The fourth-order valence-corrected chi connectivity index (χ4v) is 3.88. The molecule has 19 nitrogen and oxygen atoms in total. The van der Waals surface area contributed by atoms with Crippen LogP contribution in [0.5, 0.6) is 0 Å². The third-order valence-corrected chi connectivity index (χ3v) is 6.01. The van der Waals surface area contributed by atoms with Crippen LogP contribution in [0.2, 0.25) is 0 Å². The van der Waals surface area contributed by atoms with Gasteiger partial charge in [0.15, 0.2) is 0 Å². The molecule has 1 aliphatic heterocycles. The van der Waals surface area contributed by atoms with E-state index in [1.807, 2.05) is 0 Å². The number of carbonyl (C=O) groups excluding carboxylic acids is 3. The van der Waals surface area contributed by atoms with Crippen LogP contribution < -0.4 is 0 Å². The Morgan fingerprint density at radius 3 is 2.05 bits per heavy atom. The van der Waals surface area contributed by atoms with E-state index >= 15 is 0 Å².